The van der Waals surface area contributed by atoms with Gasteiger partial charge < -0.3 is 14.4 Å². The number of carbonyl (C=O) groups is 1. The quantitative estimate of drug-likeness (QED) is 0.322. The highest BCUT2D eigenvalue weighted by molar-refractivity contribution is 7.89. The number of rotatable bonds is 12. The van der Waals surface area contributed by atoms with Gasteiger partial charge in [0.25, 0.3) is 0 Å². The first-order chi connectivity index (χ1) is 16.8. The summed E-state index contributed by atoms with van der Waals surface area (Å²) in [6, 6.07) is 6.94. The third-order valence-electron chi connectivity index (χ3n) is 5.77. The lowest BCUT2D eigenvalue weighted by Gasteiger charge is -2.26. The number of hydrogen-bond donors (Lipinski definition) is 0. The van der Waals surface area contributed by atoms with Crippen LogP contribution in [-0.4, -0.2) is 77.4 Å². The van der Waals surface area contributed by atoms with Crippen LogP contribution < -0.4 is 0 Å². The van der Waals surface area contributed by atoms with Gasteiger partial charge in [0, 0.05) is 20.2 Å². The molecular weight excluding hydrogens is 470 g/mol. The number of benzene rings is 1. The molecule has 0 N–H and O–H groups in total. The summed E-state index contributed by atoms with van der Waals surface area (Å²) in [5.74, 6) is -0.386. The van der Waals surface area contributed by atoms with Gasteiger partial charge in [-0.1, -0.05) is 55.0 Å². The van der Waals surface area contributed by atoms with Crippen LogP contribution >= 0.6 is 0 Å². The van der Waals surface area contributed by atoms with E-state index < -0.39 is 16.1 Å². The molecule has 0 bridgehead atoms. The van der Waals surface area contributed by atoms with E-state index in [0.717, 1.165) is 24.0 Å². The summed E-state index contributed by atoms with van der Waals surface area (Å²) in [6.07, 6.45) is 8.03. The molecule has 1 fully saturated rings. The maximum absolute atomic E-state index is 13.2. The number of sulfonamides is 1. The number of hydrogen-bond acceptors (Lipinski definition) is 7. The van der Waals surface area contributed by atoms with Gasteiger partial charge in [0.15, 0.2) is 0 Å². The van der Waals surface area contributed by atoms with Gasteiger partial charge in [-0.25, -0.2) is 13.1 Å². The zero-order valence-corrected chi connectivity index (χ0v) is 21.5. The third-order valence-corrected chi connectivity index (χ3v) is 7.62. The second kappa shape index (κ2) is 12.9. The molecule has 192 valence electrons. The van der Waals surface area contributed by atoms with Crippen LogP contribution in [0, 0.1) is 0 Å². The van der Waals surface area contributed by atoms with Crippen LogP contribution in [0.1, 0.15) is 43.5 Å². The Morgan fingerprint density at radius 3 is 2.69 bits per heavy atom. The van der Waals surface area contributed by atoms with E-state index in [1.54, 1.807) is 29.8 Å². The van der Waals surface area contributed by atoms with Crippen molar-refractivity contribution in [2.75, 3.05) is 32.8 Å². The number of methoxy groups -OCH3 is 1. The van der Waals surface area contributed by atoms with Crippen LogP contribution in [0.3, 0.4) is 0 Å². The molecule has 0 radical (unpaired) electrons. The lowest BCUT2D eigenvalue weighted by molar-refractivity contribution is -0.134. The van der Waals surface area contributed by atoms with Gasteiger partial charge in [0.05, 0.1) is 31.6 Å². The van der Waals surface area contributed by atoms with E-state index in [-0.39, 0.29) is 38.1 Å². The number of ether oxygens (including phenoxy) is 2. The summed E-state index contributed by atoms with van der Waals surface area (Å²) >= 11 is 0. The van der Waals surface area contributed by atoms with Gasteiger partial charge in [-0.05, 0) is 24.5 Å². The maximum atomic E-state index is 13.2. The van der Waals surface area contributed by atoms with Gasteiger partial charge in [-0.15, -0.1) is 5.10 Å². The van der Waals surface area contributed by atoms with Crippen molar-refractivity contribution in [1.29, 1.82) is 0 Å². The maximum Gasteiger partial charge on any atom is 0.241 e. The summed E-state index contributed by atoms with van der Waals surface area (Å²) in [4.78, 5) is 14.8. The van der Waals surface area contributed by atoms with Crippen LogP contribution in [0.4, 0.5) is 0 Å². The van der Waals surface area contributed by atoms with Crippen molar-refractivity contribution in [2.45, 2.75) is 52.4 Å². The fourth-order valence-corrected chi connectivity index (χ4v) is 5.39. The van der Waals surface area contributed by atoms with E-state index in [1.807, 2.05) is 24.3 Å². The molecule has 1 atom stereocenters. The monoisotopic (exact) mass is 505 g/mol. The minimum Gasteiger partial charge on any atom is -0.359 e. The molecule has 10 nitrogen and oxygen atoms in total. The molecule has 1 aliphatic heterocycles. The minimum absolute atomic E-state index is 0.104. The molecule has 35 heavy (non-hydrogen) atoms. The van der Waals surface area contributed by atoms with Crippen LogP contribution in [0.2, 0.25) is 0 Å². The van der Waals surface area contributed by atoms with E-state index in [9.17, 15) is 13.2 Å². The molecule has 0 saturated carbocycles. The van der Waals surface area contributed by atoms with Crippen molar-refractivity contribution >= 4 is 22.0 Å². The normalized spacial score (nSPS) is 18.9. The zero-order valence-electron chi connectivity index (χ0n) is 20.7. The van der Waals surface area contributed by atoms with Gasteiger partial charge >= 0.3 is 0 Å². The number of nitrogens with zero attached hydrogens (tertiary/aromatic N) is 5. The van der Waals surface area contributed by atoms with Gasteiger partial charge in [0.1, 0.15) is 18.5 Å². The molecule has 2 heterocycles. The van der Waals surface area contributed by atoms with Crippen molar-refractivity contribution in [3.8, 4) is 0 Å². The Labute approximate surface area is 207 Å². The van der Waals surface area contributed by atoms with Gasteiger partial charge in [-0.3, -0.25) is 4.79 Å². The van der Waals surface area contributed by atoms with Crippen molar-refractivity contribution in [3.63, 3.8) is 0 Å². The summed E-state index contributed by atoms with van der Waals surface area (Å²) in [5.41, 5.74) is 2.50. The standard InChI is InChI=1S/C24H35N5O5S/c1-4-5-6-7-21-8-10-22(11-9-21)16-29-20(2)24(30)27(13-15-35(29,31)32)17-23-18-28(26-25-23)12-14-34-19-33-3/h6-11,18,20H,4-5,12-17,19H2,1-3H3/b7-6+. The predicted molar refractivity (Wildman–Crippen MR) is 132 cm³/mol. The lowest BCUT2D eigenvalue weighted by Crippen LogP contribution is -2.45. The molecule has 0 spiro atoms. The van der Waals surface area contributed by atoms with Crippen LogP contribution in [0.5, 0.6) is 0 Å². The third kappa shape index (κ3) is 7.69. The first-order valence-electron chi connectivity index (χ1n) is 11.8. The number of amides is 1. The molecule has 1 amide bonds. The van der Waals surface area contributed by atoms with Crippen molar-refractivity contribution < 1.29 is 22.7 Å². The second-order valence-corrected chi connectivity index (χ2v) is 10.6. The Bertz CT molecular complexity index is 1080. The average molecular weight is 506 g/mol. The SMILES string of the molecule is CCC/C=C/c1ccc(CN2C(C)C(=O)N(Cc3cn(CCOCOC)nn3)CCS2(=O)=O)cc1. The molecule has 1 aliphatic rings. The number of unbranched alkanes of at least 4 members (excludes halogenated alkanes) is 1. The van der Waals surface area contributed by atoms with Crippen molar-refractivity contribution in [3.05, 3.63) is 53.4 Å². The molecule has 1 unspecified atom stereocenters. The molecular formula is C24H35N5O5S. The van der Waals surface area contributed by atoms with E-state index in [0.29, 0.717) is 18.8 Å². The van der Waals surface area contributed by atoms with Crippen LogP contribution in [-0.2, 0) is 43.9 Å². The highest BCUT2D eigenvalue weighted by Gasteiger charge is 2.38. The Kier molecular flexibility index (Phi) is 9.96. The van der Waals surface area contributed by atoms with Crippen LogP contribution in [0.25, 0.3) is 6.08 Å². The number of aromatic nitrogens is 3. The summed E-state index contributed by atoms with van der Waals surface area (Å²) in [5, 5.41) is 8.17. The highest BCUT2D eigenvalue weighted by atomic mass is 32.2. The summed E-state index contributed by atoms with van der Waals surface area (Å²) in [7, 11) is -2.07. The fourth-order valence-electron chi connectivity index (χ4n) is 3.79. The predicted octanol–water partition coefficient (Wildman–Crippen LogP) is 2.27. The van der Waals surface area contributed by atoms with E-state index in [4.69, 9.17) is 9.47 Å². The molecule has 1 aromatic carbocycles. The second-order valence-electron chi connectivity index (χ2n) is 8.52. The largest absolute Gasteiger partial charge is 0.359 e. The first kappa shape index (κ1) is 27.0. The first-order valence-corrected chi connectivity index (χ1v) is 13.4. The minimum atomic E-state index is -3.62. The lowest BCUT2D eigenvalue weighted by atomic mass is 10.1. The molecule has 3 rings (SSSR count). The van der Waals surface area contributed by atoms with Crippen LogP contribution in [0.15, 0.2) is 36.5 Å². The number of allylic oxidation sites excluding steroid dienone is 1. The fraction of sp³-hybridized carbons (Fsp3) is 0.542. The summed E-state index contributed by atoms with van der Waals surface area (Å²) in [6.45, 7) is 5.34. The van der Waals surface area contributed by atoms with E-state index in [2.05, 4.69) is 29.4 Å². The zero-order chi connectivity index (χ0) is 25.3. The molecule has 11 heteroatoms. The molecule has 1 aromatic heterocycles. The number of carbonyl (C=O) groups excluding carboxylic acids is 1. The van der Waals surface area contributed by atoms with Gasteiger partial charge in [-0.2, -0.15) is 4.31 Å². The Hall–Kier alpha value is -2.60. The Balaban J connectivity index is 1.65. The van der Waals surface area contributed by atoms with Crippen molar-refractivity contribution in [2.24, 2.45) is 0 Å². The van der Waals surface area contributed by atoms with Crippen molar-refractivity contribution in [1.82, 2.24) is 24.2 Å². The topological polar surface area (TPSA) is 107 Å². The Morgan fingerprint density at radius 1 is 1.20 bits per heavy atom. The van der Waals surface area contributed by atoms with E-state index >= 15 is 0 Å². The highest BCUT2D eigenvalue weighted by Crippen LogP contribution is 2.21. The molecule has 0 aliphatic carbocycles. The molecule has 2 aromatic rings. The Morgan fingerprint density at radius 2 is 1.97 bits per heavy atom. The average Bonchev–Trinajstić information content (AvgIpc) is 3.27. The summed E-state index contributed by atoms with van der Waals surface area (Å²) < 4.78 is 39.1. The van der Waals surface area contributed by atoms with Gasteiger partial charge in [0.2, 0.25) is 15.9 Å². The van der Waals surface area contributed by atoms with E-state index in [1.165, 1.54) is 4.31 Å². The smallest absolute Gasteiger partial charge is 0.241 e. The molecule has 1 saturated heterocycles.